The minimum Gasteiger partial charge on any atom is -0.452 e. The Balaban J connectivity index is 1.79. The maximum atomic E-state index is 12.9. The fourth-order valence-electron chi connectivity index (χ4n) is 3.84. The molecular weight excluding hydrogens is 406 g/mol. The molecule has 1 aromatic carbocycles. The second kappa shape index (κ2) is 9.34. The molecule has 0 N–H and O–H groups in total. The van der Waals surface area contributed by atoms with Crippen LogP contribution in [0.25, 0.3) is 0 Å². The van der Waals surface area contributed by atoms with Crippen LogP contribution in [0.15, 0.2) is 23.1 Å². The van der Waals surface area contributed by atoms with E-state index in [0.29, 0.717) is 24.7 Å². The van der Waals surface area contributed by atoms with Crippen LogP contribution in [0.3, 0.4) is 0 Å². The van der Waals surface area contributed by atoms with Crippen LogP contribution in [-0.4, -0.2) is 76.4 Å². The first-order valence-electron chi connectivity index (χ1n) is 10.5. The van der Waals surface area contributed by atoms with Crippen LogP contribution >= 0.6 is 0 Å². The van der Waals surface area contributed by atoms with Crippen molar-refractivity contribution in [2.45, 2.75) is 37.5 Å². The van der Waals surface area contributed by atoms with E-state index in [1.807, 2.05) is 0 Å². The number of esters is 1. The first-order chi connectivity index (χ1) is 14.2. The minimum absolute atomic E-state index is 0.0266. The largest absolute Gasteiger partial charge is 0.452 e. The molecule has 0 aromatic heterocycles. The number of nitrogens with zero attached hydrogens (tertiary/aromatic N) is 3. The molecule has 9 heteroatoms. The third kappa shape index (κ3) is 4.95. The van der Waals surface area contributed by atoms with Gasteiger partial charge in [0.15, 0.2) is 6.61 Å². The number of anilines is 1. The molecule has 2 fully saturated rings. The fraction of sp³-hybridized carbons (Fsp3) is 0.619. The predicted molar refractivity (Wildman–Crippen MR) is 114 cm³/mol. The standard InChI is InChI=1S/C21H31N3O5S/c1-16-8-12-24(13-9-16)20(25)15-29-21(26)18-14-17(30(27,28)22(2)3)6-7-19(18)23-10-4-5-11-23/h6-7,14,16H,4-5,8-13,15H2,1-3H3. The Labute approximate surface area is 178 Å². The summed E-state index contributed by atoms with van der Waals surface area (Å²) in [5, 5.41) is 0. The van der Waals surface area contributed by atoms with Crippen LogP contribution in [0.5, 0.6) is 0 Å². The highest BCUT2D eigenvalue weighted by atomic mass is 32.2. The molecule has 0 unspecified atom stereocenters. The summed E-state index contributed by atoms with van der Waals surface area (Å²) in [5.74, 6) is -0.289. The quantitative estimate of drug-likeness (QED) is 0.632. The third-order valence-corrected chi connectivity index (χ3v) is 7.69. The highest BCUT2D eigenvalue weighted by Crippen LogP contribution is 2.29. The molecule has 0 aliphatic carbocycles. The van der Waals surface area contributed by atoms with E-state index in [2.05, 4.69) is 11.8 Å². The van der Waals surface area contributed by atoms with E-state index in [1.165, 1.54) is 26.2 Å². The normalized spacial score (nSPS) is 18.1. The van der Waals surface area contributed by atoms with Gasteiger partial charge >= 0.3 is 5.97 Å². The number of hydrogen-bond donors (Lipinski definition) is 0. The second-order valence-electron chi connectivity index (χ2n) is 8.30. The van der Waals surface area contributed by atoms with E-state index >= 15 is 0 Å². The number of rotatable bonds is 6. The first kappa shape index (κ1) is 22.6. The number of piperidine rings is 1. The van der Waals surface area contributed by atoms with Crippen molar-refractivity contribution in [2.75, 3.05) is 51.8 Å². The minimum atomic E-state index is -3.69. The summed E-state index contributed by atoms with van der Waals surface area (Å²) >= 11 is 0. The number of carbonyl (C=O) groups is 2. The summed E-state index contributed by atoms with van der Waals surface area (Å²) in [4.78, 5) is 29.1. The molecule has 2 heterocycles. The van der Waals surface area contributed by atoms with Crippen LogP contribution in [0.2, 0.25) is 0 Å². The molecule has 2 aliphatic heterocycles. The van der Waals surface area contributed by atoms with E-state index in [-0.39, 0.29) is 23.0 Å². The van der Waals surface area contributed by atoms with Gasteiger partial charge in [-0.15, -0.1) is 0 Å². The van der Waals surface area contributed by atoms with Crippen molar-refractivity contribution < 1.29 is 22.7 Å². The summed E-state index contributed by atoms with van der Waals surface area (Å²) in [5.41, 5.74) is 0.828. The number of benzene rings is 1. The first-order valence-corrected chi connectivity index (χ1v) is 11.9. The van der Waals surface area contributed by atoms with Crippen LogP contribution in [0.1, 0.15) is 43.0 Å². The van der Waals surface area contributed by atoms with Gasteiger partial charge in [0.1, 0.15) is 0 Å². The lowest BCUT2D eigenvalue weighted by atomic mass is 9.99. The summed E-state index contributed by atoms with van der Waals surface area (Å²) in [6.07, 6.45) is 3.92. The van der Waals surface area contributed by atoms with Crippen LogP contribution in [-0.2, 0) is 19.6 Å². The molecule has 0 spiro atoms. The molecule has 166 valence electrons. The van der Waals surface area contributed by atoms with Gasteiger partial charge < -0.3 is 14.5 Å². The Morgan fingerprint density at radius 3 is 2.33 bits per heavy atom. The zero-order valence-corrected chi connectivity index (χ0v) is 18.8. The van der Waals surface area contributed by atoms with E-state index in [1.54, 1.807) is 11.0 Å². The SMILES string of the molecule is CC1CCN(C(=O)COC(=O)c2cc(S(=O)(=O)N(C)C)ccc2N2CCCC2)CC1. The summed E-state index contributed by atoms with van der Waals surface area (Å²) in [6.45, 7) is 4.77. The maximum absolute atomic E-state index is 12.9. The van der Waals surface area contributed by atoms with Gasteiger partial charge in [-0.3, -0.25) is 4.79 Å². The van der Waals surface area contributed by atoms with Crippen LogP contribution in [0, 0.1) is 5.92 Å². The van der Waals surface area contributed by atoms with E-state index in [9.17, 15) is 18.0 Å². The van der Waals surface area contributed by atoms with Crippen molar-refractivity contribution in [2.24, 2.45) is 5.92 Å². The van der Waals surface area contributed by atoms with E-state index in [4.69, 9.17) is 4.74 Å². The number of amides is 1. The van der Waals surface area contributed by atoms with Gasteiger partial charge in [-0.25, -0.2) is 17.5 Å². The molecule has 8 nitrogen and oxygen atoms in total. The van der Waals surface area contributed by atoms with Crippen molar-refractivity contribution in [3.8, 4) is 0 Å². The lowest BCUT2D eigenvalue weighted by Gasteiger charge is -2.30. The Morgan fingerprint density at radius 2 is 1.73 bits per heavy atom. The molecule has 1 aromatic rings. The van der Waals surface area contributed by atoms with E-state index in [0.717, 1.165) is 43.1 Å². The molecule has 0 bridgehead atoms. The van der Waals surface area contributed by atoms with Crippen molar-refractivity contribution in [3.63, 3.8) is 0 Å². The average molecular weight is 438 g/mol. The molecule has 2 saturated heterocycles. The number of sulfonamides is 1. The topological polar surface area (TPSA) is 87.2 Å². The second-order valence-corrected chi connectivity index (χ2v) is 10.5. The van der Waals surface area contributed by atoms with Crippen LogP contribution < -0.4 is 4.90 Å². The fourth-order valence-corrected chi connectivity index (χ4v) is 4.77. The zero-order valence-electron chi connectivity index (χ0n) is 18.0. The summed E-state index contributed by atoms with van der Waals surface area (Å²) < 4.78 is 31.5. The Kier molecular flexibility index (Phi) is 7.02. The highest BCUT2D eigenvalue weighted by molar-refractivity contribution is 7.89. The molecule has 0 saturated carbocycles. The van der Waals surface area contributed by atoms with Crippen molar-refractivity contribution >= 4 is 27.6 Å². The highest BCUT2D eigenvalue weighted by Gasteiger charge is 2.27. The number of hydrogen-bond acceptors (Lipinski definition) is 6. The monoisotopic (exact) mass is 437 g/mol. The van der Waals surface area contributed by atoms with Gasteiger partial charge in [0.05, 0.1) is 16.1 Å². The van der Waals surface area contributed by atoms with Crippen molar-refractivity contribution in [1.82, 2.24) is 9.21 Å². The Bertz CT molecular complexity index is 886. The molecule has 2 aliphatic rings. The Hall–Kier alpha value is -2.13. The lowest BCUT2D eigenvalue weighted by molar-refractivity contribution is -0.135. The molecule has 0 radical (unpaired) electrons. The van der Waals surface area contributed by atoms with Gasteiger partial charge in [0.2, 0.25) is 10.0 Å². The summed E-state index contributed by atoms with van der Waals surface area (Å²) in [7, 11) is -0.806. The number of carbonyl (C=O) groups excluding carboxylic acids is 2. The molecule has 0 atom stereocenters. The average Bonchev–Trinajstić information content (AvgIpc) is 3.26. The van der Waals surface area contributed by atoms with Gasteiger partial charge in [-0.2, -0.15) is 0 Å². The Morgan fingerprint density at radius 1 is 1.10 bits per heavy atom. The summed E-state index contributed by atoms with van der Waals surface area (Å²) in [6, 6.07) is 4.53. The van der Waals surface area contributed by atoms with Crippen molar-refractivity contribution in [3.05, 3.63) is 23.8 Å². The van der Waals surface area contributed by atoms with Gasteiger partial charge in [-0.1, -0.05) is 6.92 Å². The maximum Gasteiger partial charge on any atom is 0.340 e. The molecule has 3 rings (SSSR count). The van der Waals surface area contributed by atoms with Gasteiger partial charge in [-0.05, 0) is 49.8 Å². The smallest absolute Gasteiger partial charge is 0.340 e. The van der Waals surface area contributed by atoms with Crippen LogP contribution in [0.4, 0.5) is 5.69 Å². The van der Waals surface area contributed by atoms with Gasteiger partial charge in [0, 0.05) is 40.3 Å². The zero-order chi connectivity index (χ0) is 21.9. The molecule has 30 heavy (non-hydrogen) atoms. The third-order valence-electron chi connectivity index (χ3n) is 5.88. The lowest BCUT2D eigenvalue weighted by Crippen LogP contribution is -2.40. The molecule has 1 amide bonds. The van der Waals surface area contributed by atoms with Gasteiger partial charge in [0.25, 0.3) is 5.91 Å². The number of likely N-dealkylation sites (tertiary alicyclic amines) is 1. The predicted octanol–water partition coefficient (Wildman–Crippen LogP) is 1.95. The van der Waals surface area contributed by atoms with E-state index < -0.39 is 16.0 Å². The number of ether oxygens (including phenoxy) is 1. The molecular formula is C21H31N3O5S. The van der Waals surface area contributed by atoms with Crippen molar-refractivity contribution in [1.29, 1.82) is 0 Å².